The number of rotatable bonds is 9. The predicted molar refractivity (Wildman–Crippen MR) is 149 cm³/mol. The summed E-state index contributed by atoms with van der Waals surface area (Å²) in [6.07, 6.45) is 1.83. The molecule has 1 N–H and O–H groups in total. The Morgan fingerprint density at radius 3 is 2.59 bits per heavy atom. The highest BCUT2D eigenvalue weighted by Crippen LogP contribution is 2.45. The van der Waals surface area contributed by atoms with Gasteiger partial charge in [-0.3, -0.25) is 14.5 Å². The van der Waals surface area contributed by atoms with E-state index >= 15 is 4.39 Å². The molecule has 1 amide bonds. The molecular formula is C30H27FN2O5S. The summed E-state index contributed by atoms with van der Waals surface area (Å²) in [5.74, 6) is -1.69. The Morgan fingerprint density at radius 1 is 1.03 bits per heavy atom. The number of hydrogen-bond donors (Lipinski definition) is 1. The number of Topliss-reactive ketones (excluding diaryl/α,β-unsaturated/α-hetero) is 1. The van der Waals surface area contributed by atoms with Crippen molar-refractivity contribution in [3.8, 4) is 11.5 Å². The van der Waals surface area contributed by atoms with E-state index in [4.69, 9.17) is 9.47 Å². The number of aliphatic hydroxyl groups excluding tert-OH is 1. The molecule has 200 valence electrons. The first kappa shape index (κ1) is 26.4. The van der Waals surface area contributed by atoms with Crippen molar-refractivity contribution in [1.29, 1.82) is 0 Å². The molecule has 2 heterocycles. The molecule has 5 rings (SSSR count). The molecular weight excluding hydrogens is 519 g/mol. The van der Waals surface area contributed by atoms with Crippen LogP contribution in [0.1, 0.15) is 43.9 Å². The summed E-state index contributed by atoms with van der Waals surface area (Å²) in [5.41, 5.74) is 0.742. The van der Waals surface area contributed by atoms with Crippen LogP contribution in [0.5, 0.6) is 11.5 Å². The third-order valence-electron chi connectivity index (χ3n) is 6.38. The zero-order valence-corrected chi connectivity index (χ0v) is 22.3. The minimum absolute atomic E-state index is 0.0721. The van der Waals surface area contributed by atoms with Crippen LogP contribution < -0.4 is 14.4 Å². The number of carbonyl (C=O) groups is 2. The van der Waals surface area contributed by atoms with Gasteiger partial charge in [-0.15, -0.1) is 0 Å². The number of anilines is 1. The fourth-order valence-electron chi connectivity index (χ4n) is 4.50. The van der Waals surface area contributed by atoms with E-state index in [1.54, 1.807) is 48.5 Å². The lowest BCUT2D eigenvalue weighted by molar-refractivity contribution is -0.132. The maximum Gasteiger partial charge on any atom is 0.301 e. The summed E-state index contributed by atoms with van der Waals surface area (Å²) in [4.78, 5) is 32.6. The SMILES string of the molecule is CCCCOc1cccc(/C(O)=C2\C(=O)C(=O)N(c3nc4ccc(OCC)cc4s3)C2c2ccccc2F)c1. The molecule has 1 aromatic heterocycles. The van der Waals surface area contributed by atoms with Crippen LogP contribution in [0.25, 0.3) is 16.0 Å². The van der Waals surface area contributed by atoms with Crippen molar-refractivity contribution in [1.82, 2.24) is 4.98 Å². The van der Waals surface area contributed by atoms with E-state index in [0.29, 0.717) is 30.2 Å². The largest absolute Gasteiger partial charge is 0.507 e. The number of halogens is 1. The van der Waals surface area contributed by atoms with Gasteiger partial charge in [-0.2, -0.15) is 0 Å². The highest BCUT2D eigenvalue weighted by Gasteiger charge is 2.49. The first-order valence-electron chi connectivity index (χ1n) is 12.7. The number of unbranched alkanes of at least 4 members (excludes halogenated alkanes) is 1. The maximum atomic E-state index is 15.2. The zero-order valence-electron chi connectivity index (χ0n) is 21.5. The zero-order chi connectivity index (χ0) is 27.5. The number of ketones is 1. The summed E-state index contributed by atoms with van der Waals surface area (Å²) in [7, 11) is 0. The van der Waals surface area contributed by atoms with Crippen molar-refractivity contribution in [3.63, 3.8) is 0 Å². The Bertz CT molecular complexity index is 1580. The molecule has 7 nitrogen and oxygen atoms in total. The molecule has 1 atom stereocenters. The summed E-state index contributed by atoms with van der Waals surface area (Å²) < 4.78 is 27.3. The van der Waals surface area contributed by atoms with Gasteiger partial charge >= 0.3 is 5.91 Å². The first-order chi connectivity index (χ1) is 18.9. The topological polar surface area (TPSA) is 89.0 Å². The number of nitrogens with zero attached hydrogens (tertiary/aromatic N) is 2. The Hall–Kier alpha value is -4.24. The Balaban J connectivity index is 1.64. The number of hydrogen-bond acceptors (Lipinski definition) is 7. The number of thiazole rings is 1. The summed E-state index contributed by atoms with van der Waals surface area (Å²) in [6.45, 7) is 4.92. The molecule has 1 fully saturated rings. The smallest absolute Gasteiger partial charge is 0.301 e. The molecule has 9 heteroatoms. The third kappa shape index (κ3) is 5.09. The van der Waals surface area contributed by atoms with E-state index in [-0.39, 0.29) is 21.8 Å². The van der Waals surface area contributed by atoms with Gasteiger partial charge < -0.3 is 14.6 Å². The summed E-state index contributed by atoms with van der Waals surface area (Å²) in [5, 5.41) is 11.6. The lowest BCUT2D eigenvalue weighted by Crippen LogP contribution is -2.29. The Labute approximate surface area is 229 Å². The number of benzene rings is 3. The fraction of sp³-hybridized carbons (Fsp3) is 0.233. The normalized spacial score (nSPS) is 16.7. The van der Waals surface area contributed by atoms with Crippen molar-refractivity contribution in [2.75, 3.05) is 18.1 Å². The predicted octanol–water partition coefficient (Wildman–Crippen LogP) is 6.64. The molecule has 3 aromatic carbocycles. The molecule has 1 saturated heterocycles. The van der Waals surface area contributed by atoms with Gasteiger partial charge in [-0.05, 0) is 49.7 Å². The molecule has 0 radical (unpaired) electrons. The molecule has 0 saturated carbocycles. The second kappa shape index (κ2) is 11.2. The number of aliphatic hydroxyl groups is 1. The van der Waals surface area contributed by atoms with Gasteiger partial charge in [-0.25, -0.2) is 9.37 Å². The third-order valence-corrected chi connectivity index (χ3v) is 7.40. The van der Waals surface area contributed by atoms with Gasteiger partial charge in [0, 0.05) is 11.1 Å². The average molecular weight is 547 g/mol. The lowest BCUT2D eigenvalue weighted by Gasteiger charge is -2.23. The number of amides is 1. The molecule has 0 spiro atoms. The van der Waals surface area contributed by atoms with E-state index in [1.807, 2.05) is 6.92 Å². The van der Waals surface area contributed by atoms with Gasteiger partial charge in [0.15, 0.2) is 5.13 Å². The van der Waals surface area contributed by atoms with Crippen molar-refractivity contribution in [2.45, 2.75) is 32.7 Å². The number of aromatic nitrogens is 1. The van der Waals surface area contributed by atoms with Crippen LogP contribution in [-0.2, 0) is 9.59 Å². The first-order valence-corrected chi connectivity index (χ1v) is 13.6. The van der Waals surface area contributed by atoms with Crippen molar-refractivity contribution in [3.05, 3.63) is 89.2 Å². The Morgan fingerprint density at radius 2 is 1.82 bits per heavy atom. The van der Waals surface area contributed by atoms with Crippen LogP contribution in [0.4, 0.5) is 9.52 Å². The van der Waals surface area contributed by atoms with E-state index in [9.17, 15) is 14.7 Å². The highest BCUT2D eigenvalue weighted by molar-refractivity contribution is 7.22. The minimum atomic E-state index is -1.22. The molecule has 4 aromatic rings. The second-order valence-electron chi connectivity index (χ2n) is 8.98. The standard InChI is InChI=1S/C30H27FN2O5S/c1-3-5-15-38-19-10-8-9-18(16-19)27(34)25-26(21-11-6-7-12-22(21)31)33(29(36)28(25)35)30-32-23-14-13-20(37-4-2)17-24(23)39-30/h6-14,16-17,26,34H,3-5,15H2,1-2H3/b27-25+. The van der Waals surface area contributed by atoms with Crippen molar-refractivity contribution in [2.24, 2.45) is 0 Å². The highest BCUT2D eigenvalue weighted by atomic mass is 32.1. The lowest BCUT2D eigenvalue weighted by atomic mass is 9.95. The second-order valence-corrected chi connectivity index (χ2v) is 9.99. The van der Waals surface area contributed by atoms with E-state index in [2.05, 4.69) is 11.9 Å². The average Bonchev–Trinajstić information content (AvgIpc) is 3.46. The van der Waals surface area contributed by atoms with Gasteiger partial charge in [0.2, 0.25) is 0 Å². The van der Waals surface area contributed by atoms with Gasteiger partial charge in [0.25, 0.3) is 5.78 Å². The molecule has 1 aliphatic heterocycles. The van der Waals surface area contributed by atoms with E-state index < -0.39 is 29.3 Å². The van der Waals surface area contributed by atoms with Crippen LogP contribution in [-0.4, -0.2) is 35.0 Å². The number of ether oxygens (including phenoxy) is 2. The van der Waals surface area contributed by atoms with Gasteiger partial charge in [0.1, 0.15) is 29.1 Å². The fourth-order valence-corrected chi connectivity index (χ4v) is 5.52. The monoisotopic (exact) mass is 546 g/mol. The molecule has 1 aliphatic rings. The van der Waals surface area contributed by atoms with Crippen LogP contribution in [0, 0.1) is 5.82 Å². The quantitative estimate of drug-likeness (QED) is 0.110. The minimum Gasteiger partial charge on any atom is -0.507 e. The Kier molecular flexibility index (Phi) is 7.60. The van der Waals surface area contributed by atoms with E-state index in [1.165, 1.54) is 34.4 Å². The van der Waals surface area contributed by atoms with E-state index in [0.717, 1.165) is 17.5 Å². The van der Waals surface area contributed by atoms with Crippen molar-refractivity contribution < 1.29 is 28.6 Å². The summed E-state index contributed by atoms with van der Waals surface area (Å²) >= 11 is 1.18. The van der Waals surface area contributed by atoms with Crippen LogP contribution in [0.3, 0.4) is 0 Å². The number of carbonyl (C=O) groups excluding carboxylic acids is 2. The molecule has 0 bridgehead atoms. The van der Waals surface area contributed by atoms with Gasteiger partial charge in [-0.1, -0.05) is 55.0 Å². The van der Waals surface area contributed by atoms with Crippen molar-refractivity contribution >= 4 is 44.1 Å². The van der Waals surface area contributed by atoms with Crippen LogP contribution >= 0.6 is 11.3 Å². The van der Waals surface area contributed by atoms with Crippen LogP contribution in [0.2, 0.25) is 0 Å². The molecule has 0 aliphatic carbocycles. The number of fused-ring (bicyclic) bond motifs is 1. The maximum absolute atomic E-state index is 15.2. The van der Waals surface area contributed by atoms with Gasteiger partial charge in [0.05, 0.1) is 29.0 Å². The van der Waals surface area contributed by atoms with Crippen LogP contribution in [0.15, 0.2) is 72.3 Å². The molecule has 1 unspecified atom stereocenters. The summed E-state index contributed by atoms with van der Waals surface area (Å²) in [6, 6.07) is 16.7. The molecule has 39 heavy (non-hydrogen) atoms.